The molecule has 0 saturated carbocycles. The van der Waals surface area contributed by atoms with Gasteiger partial charge in [-0.1, -0.05) is 0 Å². The first kappa shape index (κ1) is 11.4. The van der Waals surface area contributed by atoms with Crippen LogP contribution in [0.3, 0.4) is 0 Å². The van der Waals surface area contributed by atoms with Gasteiger partial charge in [0.15, 0.2) is 9.84 Å². The number of rotatable bonds is 0. The molecule has 0 spiro atoms. The Kier molecular flexibility index (Phi) is 2.62. The van der Waals surface area contributed by atoms with E-state index in [0.717, 1.165) is 19.5 Å². The van der Waals surface area contributed by atoms with Gasteiger partial charge in [-0.15, -0.1) is 0 Å². The molecule has 4 heteroatoms. The monoisotopic (exact) mass is 231 g/mol. The highest BCUT2D eigenvalue weighted by atomic mass is 32.2. The molecule has 0 radical (unpaired) electrons. The van der Waals surface area contributed by atoms with Gasteiger partial charge in [0.1, 0.15) is 0 Å². The Hall–Kier alpha value is -0.0900. The molecule has 0 bridgehead atoms. The molecule has 15 heavy (non-hydrogen) atoms. The van der Waals surface area contributed by atoms with Crippen molar-refractivity contribution in [2.75, 3.05) is 24.6 Å². The Balaban J connectivity index is 2.08. The Morgan fingerprint density at radius 3 is 2.33 bits per heavy atom. The normalized spacial score (nSPS) is 36.5. The van der Waals surface area contributed by atoms with Crippen molar-refractivity contribution in [1.29, 1.82) is 0 Å². The van der Waals surface area contributed by atoms with Crippen molar-refractivity contribution in [1.82, 2.24) is 4.90 Å². The standard InChI is InChI=1S/C11H21NO2S/c1-11(2,3)12-5-4-9-7-15(13,14)8-10(9)6-12/h9-10H,4-8H2,1-3H3. The van der Waals surface area contributed by atoms with Crippen LogP contribution in [0.5, 0.6) is 0 Å². The summed E-state index contributed by atoms with van der Waals surface area (Å²) in [6.07, 6.45) is 1.06. The smallest absolute Gasteiger partial charge is 0.150 e. The van der Waals surface area contributed by atoms with Crippen LogP contribution in [0.15, 0.2) is 0 Å². The molecule has 0 N–H and O–H groups in total. The van der Waals surface area contributed by atoms with Crippen molar-refractivity contribution in [3.63, 3.8) is 0 Å². The number of hydrogen-bond donors (Lipinski definition) is 0. The summed E-state index contributed by atoms with van der Waals surface area (Å²) in [7, 11) is -2.72. The van der Waals surface area contributed by atoms with E-state index in [1.807, 2.05) is 0 Å². The van der Waals surface area contributed by atoms with Crippen molar-refractivity contribution < 1.29 is 8.42 Å². The Labute approximate surface area is 92.8 Å². The van der Waals surface area contributed by atoms with E-state index in [0.29, 0.717) is 23.3 Å². The van der Waals surface area contributed by atoms with Crippen molar-refractivity contribution in [3.05, 3.63) is 0 Å². The molecule has 2 saturated heterocycles. The van der Waals surface area contributed by atoms with E-state index in [4.69, 9.17) is 0 Å². The molecule has 2 atom stereocenters. The third-order valence-electron chi connectivity index (χ3n) is 3.78. The second-order valence-electron chi connectivity index (χ2n) is 6.00. The molecule has 0 aliphatic carbocycles. The molecule has 3 nitrogen and oxygen atoms in total. The number of likely N-dealkylation sites (tertiary alicyclic amines) is 1. The lowest BCUT2D eigenvalue weighted by Gasteiger charge is -2.42. The van der Waals surface area contributed by atoms with E-state index >= 15 is 0 Å². The predicted octanol–water partition coefficient (Wildman–Crippen LogP) is 1.15. The van der Waals surface area contributed by atoms with Gasteiger partial charge < -0.3 is 0 Å². The maximum Gasteiger partial charge on any atom is 0.150 e. The van der Waals surface area contributed by atoms with Crippen LogP contribution in [-0.2, 0) is 9.84 Å². The van der Waals surface area contributed by atoms with Crippen LogP contribution < -0.4 is 0 Å². The molecular weight excluding hydrogens is 210 g/mol. The third-order valence-corrected chi connectivity index (χ3v) is 5.65. The average Bonchev–Trinajstić information content (AvgIpc) is 2.34. The van der Waals surface area contributed by atoms with Crippen LogP contribution in [0.25, 0.3) is 0 Å². The van der Waals surface area contributed by atoms with E-state index in [-0.39, 0.29) is 5.54 Å². The second-order valence-corrected chi connectivity index (χ2v) is 8.16. The zero-order chi connectivity index (χ0) is 11.3. The van der Waals surface area contributed by atoms with Crippen LogP contribution in [0.4, 0.5) is 0 Å². The maximum absolute atomic E-state index is 11.5. The second kappa shape index (κ2) is 3.45. The molecule has 2 unspecified atom stereocenters. The lowest BCUT2D eigenvalue weighted by atomic mass is 9.86. The van der Waals surface area contributed by atoms with Crippen molar-refractivity contribution >= 4 is 9.84 Å². The van der Waals surface area contributed by atoms with E-state index in [9.17, 15) is 8.42 Å². The third kappa shape index (κ3) is 2.36. The summed E-state index contributed by atoms with van der Waals surface area (Å²) in [5.74, 6) is 1.69. The van der Waals surface area contributed by atoms with Crippen LogP contribution in [-0.4, -0.2) is 43.5 Å². The minimum atomic E-state index is -2.72. The van der Waals surface area contributed by atoms with Crippen molar-refractivity contribution in [2.24, 2.45) is 11.8 Å². The Morgan fingerprint density at radius 1 is 1.13 bits per heavy atom. The molecule has 0 amide bonds. The quantitative estimate of drug-likeness (QED) is 0.627. The number of nitrogens with zero attached hydrogens (tertiary/aromatic N) is 1. The summed E-state index contributed by atoms with van der Waals surface area (Å²) in [5.41, 5.74) is 0.178. The highest BCUT2D eigenvalue weighted by Crippen LogP contribution is 2.34. The fraction of sp³-hybridized carbons (Fsp3) is 1.00. The lowest BCUT2D eigenvalue weighted by molar-refractivity contribution is 0.0645. The van der Waals surface area contributed by atoms with E-state index in [1.165, 1.54) is 0 Å². The van der Waals surface area contributed by atoms with Gasteiger partial charge >= 0.3 is 0 Å². The summed E-state index contributed by atoms with van der Waals surface area (Å²) in [6, 6.07) is 0. The van der Waals surface area contributed by atoms with Gasteiger partial charge in [0, 0.05) is 12.1 Å². The predicted molar refractivity (Wildman–Crippen MR) is 61.6 cm³/mol. The van der Waals surface area contributed by atoms with Gasteiger partial charge in [-0.05, 0) is 45.6 Å². The first-order valence-electron chi connectivity index (χ1n) is 5.73. The van der Waals surface area contributed by atoms with E-state index < -0.39 is 9.84 Å². The highest BCUT2D eigenvalue weighted by molar-refractivity contribution is 7.91. The topological polar surface area (TPSA) is 37.4 Å². The minimum Gasteiger partial charge on any atom is -0.298 e. The molecule has 2 aliphatic rings. The summed E-state index contributed by atoms with van der Waals surface area (Å²) in [5, 5.41) is 0. The molecule has 2 fully saturated rings. The van der Waals surface area contributed by atoms with Crippen LogP contribution in [0.2, 0.25) is 0 Å². The van der Waals surface area contributed by atoms with E-state index in [1.54, 1.807) is 0 Å². The zero-order valence-corrected chi connectivity index (χ0v) is 10.7. The maximum atomic E-state index is 11.5. The fourth-order valence-electron chi connectivity index (χ4n) is 2.82. The van der Waals surface area contributed by atoms with Gasteiger partial charge in [-0.25, -0.2) is 8.42 Å². The lowest BCUT2D eigenvalue weighted by Crippen LogP contribution is -2.49. The Morgan fingerprint density at radius 2 is 1.73 bits per heavy atom. The van der Waals surface area contributed by atoms with Gasteiger partial charge in [0.05, 0.1) is 11.5 Å². The molecular formula is C11H21NO2S. The first-order chi connectivity index (χ1) is 6.78. The van der Waals surface area contributed by atoms with Crippen LogP contribution >= 0.6 is 0 Å². The zero-order valence-electron chi connectivity index (χ0n) is 9.86. The highest BCUT2D eigenvalue weighted by Gasteiger charge is 2.42. The van der Waals surface area contributed by atoms with Gasteiger partial charge in [-0.2, -0.15) is 0 Å². The van der Waals surface area contributed by atoms with Gasteiger partial charge in [0.25, 0.3) is 0 Å². The first-order valence-corrected chi connectivity index (χ1v) is 7.55. The van der Waals surface area contributed by atoms with Crippen molar-refractivity contribution in [2.45, 2.75) is 32.7 Å². The Bertz CT molecular complexity index is 342. The SMILES string of the molecule is CC(C)(C)N1CCC2CS(=O)(=O)CC2C1. The van der Waals surface area contributed by atoms with E-state index in [2.05, 4.69) is 25.7 Å². The number of fused-ring (bicyclic) bond motifs is 1. The number of sulfone groups is 1. The molecule has 0 aromatic rings. The molecule has 2 heterocycles. The number of hydrogen-bond acceptors (Lipinski definition) is 3. The van der Waals surface area contributed by atoms with Gasteiger partial charge in [-0.3, -0.25) is 4.90 Å². The summed E-state index contributed by atoms with van der Waals surface area (Å²) >= 11 is 0. The molecule has 0 aromatic carbocycles. The molecule has 0 aromatic heterocycles. The largest absolute Gasteiger partial charge is 0.298 e. The van der Waals surface area contributed by atoms with Crippen molar-refractivity contribution in [3.8, 4) is 0 Å². The summed E-state index contributed by atoms with van der Waals surface area (Å²) < 4.78 is 23.1. The van der Waals surface area contributed by atoms with Gasteiger partial charge in [0.2, 0.25) is 0 Å². The molecule has 88 valence electrons. The fourth-order valence-corrected chi connectivity index (χ4v) is 5.08. The minimum absolute atomic E-state index is 0.178. The summed E-state index contributed by atoms with van der Waals surface area (Å²) in [6.45, 7) is 8.64. The number of piperidine rings is 1. The molecule has 2 rings (SSSR count). The van der Waals surface area contributed by atoms with Crippen LogP contribution in [0.1, 0.15) is 27.2 Å². The summed E-state index contributed by atoms with van der Waals surface area (Å²) in [4.78, 5) is 2.43. The molecule has 2 aliphatic heterocycles. The average molecular weight is 231 g/mol. The van der Waals surface area contributed by atoms with Crippen LogP contribution in [0, 0.1) is 11.8 Å².